The summed E-state index contributed by atoms with van der Waals surface area (Å²) in [7, 11) is 0. The summed E-state index contributed by atoms with van der Waals surface area (Å²) in [6, 6.07) is 11.0. The van der Waals surface area contributed by atoms with Crippen LogP contribution >= 0.6 is 0 Å². The number of carbonyl (C=O) groups is 3. The van der Waals surface area contributed by atoms with Crippen LogP contribution in [0.4, 0.5) is 5.69 Å². The van der Waals surface area contributed by atoms with Gasteiger partial charge in [0.15, 0.2) is 18.1 Å². The topological polar surface area (TPSA) is 106 Å². The molecule has 2 aliphatic rings. The van der Waals surface area contributed by atoms with Crippen LogP contribution in [0.3, 0.4) is 0 Å². The molecule has 0 aromatic heterocycles. The zero-order valence-electron chi connectivity index (χ0n) is 16.3. The molecule has 1 N–H and O–H groups in total. The lowest BCUT2D eigenvalue weighted by Gasteiger charge is -2.20. The number of carbonyl (C=O) groups excluding carboxylic acids is 3. The van der Waals surface area contributed by atoms with Crippen LogP contribution in [-0.2, 0) is 14.3 Å². The molecule has 2 aromatic carbocycles. The minimum absolute atomic E-state index is 0.0168. The Morgan fingerprint density at radius 3 is 2.63 bits per heavy atom. The quantitative estimate of drug-likeness (QED) is 0.786. The molecular weight excluding hydrogens is 388 g/mol. The second-order valence-corrected chi connectivity index (χ2v) is 6.69. The Labute approximate surface area is 172 Å². The maximum atomic E-state index is 12.7. The molecule has 0 fully saturated rings. The van der Waals surface area contributed by atoms with E-state index in [4.69, 9.17) is 9.47 Å². The molecule has 1 heterocycles. The van der Waals surface area contributed by atoms with E-state index in [1.165, 1.54) is 18.2 Å². The Morgan fingerprint density at radius 2 is 1.93 bits per heavy atom. The van der Waals surface area contributed by atoms with E-state index in [2.05, 4.69) is 5.10 Å². The largest absolute Gasteiger partial charge is 0.507 e. The number of rotatable bonds is 3. The summed E-state index contributed by atoms with van der Waals surface area (Å²) in [5.41, 5.74) is 1.96. The van der Waals surface area contributed by atoms with E-state index in [1.807, 2.05) is 0 Å². The Hall–Kier alpha value is -3.94. The molecular formula is C22H18N2O6. The number of phenols is 1. The number of fused-ring (bicyclic) bond motifs is 3. The first-order valence-corrected chi connectivity index (χ1v) is 9.32. The number of amides is 1. The first-order chi connectivity index (χ1) is 14.4. The molecule has 4 rings (SSSR count). The summed E-state index contributed by atoms with van der Waals surface area (Å²) in [4.78, 5) is 37.3. The van der Waals surface area contributed by atoms with Crippen LogP contribution in [0.15, 0.2) is 58.9 Å². The molecule has 0 radical (unpaired) electrons. The molecule has 0 saturated carbocycles. The number of benzene rings is 2. The van der Waals surface area contributed by atoms with Crippen molar-refractivity contribution in [3.05, 3.63) is 70.5 Å². The van der Waals surface area contributed by atoms with E-state index >= 15 is 0 Å². The van der Waals surface area contributed by atoms with Gasteiger partial charge in [-0.3, -0.25) is 9.59 Å². The van der Waals surface area contributed by atoms with Gasteiger partial charge in [0, 0.05) is 22.8 Å². The van der Waals surface area contributed by atoms with E-state index in [1.54, 1.807) is 38.1 Å². The highest BCUT2D eigenvalue weighted by molar-refractivity contribution is 6.28. The number of hydrazone groups is 1. The number of allylic oxidation sites excluding steroid dienone is 2. The first-order valence-electron chi connectivity index (χ1n) is 9.32. The van der Waals surface area contributed by atoms with Gasteiger partial charge in [0.05, 0.1) is 12.3 Å². The number of phenolic OH excluding ortho intramolecular Hbond substituents is 1. The summed E-state index contributed by atoms with van der Waals surface area (Å²) >= 11 is 0. The monoisotopic (exact) mass is 406 g/mol. The van der Waals surface area contributed by atoms with Gasteiger partial charge in [-0.15, -0.1) is 0 Å². The van der Waals surface area contributed by atoms with Crippen molar-refractivity contribution in [2.75, 3.05) is 18.2 Å². The molecule has 0 saturated heterocycles. The van der Waals surface area contributed by atoms with Gasteiger partial charge >= 0.3 is 5.97 Å². The highest BCUT2D eigenvalue weighted by Gasteiger charge is 2.34. The molecule has 1 amide bonds. The van der Waals surface area contributed by atoms with E-state index in [9.17, 15) is 19.5 Å². The Balaban J connectivity index is 1.82. The second-order valence-electron chi connectivity index (χ2n) is 6.69. The van der Waals surface area contributed by atoms with Crippen LogP contribution in [0.5, 0.6) is 5.75 Å². The zero-order chi connectivity index (χ0) is 21.4. The molecule has 1 aliphatic carbocycles. The minimum atomic E-state index is -0.668. The van der Waals surface area contributed by atoms with Gasteiger partial charge in [0.2, 0.25) is 0 Å². The van der Waals surface area contributed by atoms with Crippen molar-refractivity contribution >= 4 is 29.1 Å². The van der Waals surface area contributed by atoms with Gasteiger partial charge in [-0.2, -0.15) is 10.1 Å². The average Bonchev–Trinajstić information content (AvgIpc) is 2.91. The maximum Gasteiger partial charge on any atom is 0.341 e. The average molecular weight is 406 g/mol. The molecule has 1 aliphatic heterocycles. The van der Waals surface area contributed by atoms with Gasteiger partial charge in [-0.05, 0) is 26.0 Å². The normalized spacial score (nSPS) is 15.7. The zero-order valence-corrected chi connectivity index (χ0v) is 16.3. The van der Waals surface area contributed by atoms with Crippen LogP contribution in [0.25, 0.3) is 0 Å². The fraction of sp³-hybridized carbons (Fsp3) is 0.182. The van der Waals surface area contributed by atoms with Crippen molar-refractivity contribution in [2.24, 2.45) is 5.10 Å². The standard InChI is InChI=1S/C22H18N2O6/c1-3-29-22(28)16-9-8-13(10-17(16)25)24-18(26)11-30-21-12(2)20(27)15-7-5-4-6-14(15)19(21)23-24/h4-10,25H,3,11H2,1-2H3. The van der Waals surface area contributed by atoms with Crippen LogP contribution in [-0.4, -0.2) is 41.7 Å². The summed E-state index contributed by atoms with van der Waals surface area (Å²) in [6.07, 6.45) is 0. The van der Waals surface area contributed by atoms with E-state index in [-0.39, 0.29) is 41.8 Å². The number of anilines is 1. The van der Waals surface area contributed by atoms with Crippen molar-refractivity contribution in [1.82, 2.24) is 0 Å². The molecule has 2 aromatic rings. The molecule has 0 unspecified atom stereocenters. The number of ketones is 1. The Morgan fingerprint density at radius 1 is 1.20 bits per heavy atom. The number of hydrogen-bond donors (Lipinski definition) is 1. The summed E-state index contributed by atoms with van der Waals surface area (Å²) < 4.78 is 10.5. The van der Waals surface area contributed by atoms with Crippen LogP contribution < -0.4 is 5.01 Å². The fourth-order valence-electron chi connectivity index (χ4n) is 3.35. The van der Waals surface area contributed by atoms with Crippen molar-refractivity contribution < 1.29 is 29.0 Å². The van der Waals surface area contributed by atoms with Gasteiger partial charge < -0.3 is 14.6 Å². The second kappa shape index (κ2) is 7.47. The Kier molecular flexibility index (Phi) is 4.83. The van der Waals surface area contributed by atoms with Crippen LogP contribution in [0.2, 0.25) is 0 Å². The van der Waals surface area contributed by atoms with Gasteiger partial charge in [0.25, 0.3) is 5.91 Å². The van der Waals surface area contributed by atoms with E-state index in [0.717, 1.165) is 5.01 Å². The lowest BCUT2D eigenvalue weighted by atomic mass is 9.88. The van der Waals surface area contributed by atoms with Crippen molar-refractivity contribution in [3.63, 3.8) is 0 Å². The fourth-order valence-corrected chi connectivity index (χ4v) is 3.35. The molecule has 0 atom stereocenters. The third kappa shape index (κ3) is 3.12. The predicted octanol–water partition coefficient (Wildman–Crippen LogP) is 2.81. The highest BCUT2D eigenvalue weighted by Crippen LogP contribution is 2.32. The maximum absolute atomic E-state index is 12.7. The summed E-state index contributed by atoms with van der Waals surface area (Å²) in [6.45, 7) is 3.12. The van der Waals surface area contributed by atoms with Gasteiger partial charge in [-0.1, -0.05) is 24.3 Å². The van der Waals surface area contributed by atoms with Crippen molar-refractivity contribution in [2.45, 2.75) is 13.8 Å². The smallest absolute Gasteiger partial charge is 0.341 e. The van der Waals surface area contributed by atoms with Crippen molar-refractivity contribution in [1.29, 1.82) is 0 Å². The number of nitrogens with zero attached hydrogens (tertiary/aromatic N) is 2. The number of hydrogen-bond acceptors (Lipinski definition) is 7. The third-order valence-electron chi connectivity index (χ3n) is 4.82. The van der Waals surface area contributed by atoms with E-state index < -0.39 is 11.9 Å². The Bertz CT molecular complexity index is 1150. The SMILES string of the molecule is CCOC(=O)c1ccc(N2N=C3C(=C(C)C(=O)c4ccccc43)OCC2=O)cc1O. The molecule has 8 nitrogen and oxygen atoms in total. The van der Waals surface area contributed by atoms with Crippen LogP contribution in [0, 0.1) is 0 Å². The minimum Gasteiger partial charge on any atom is -0.507 e. The molecule has 8 heteroatoms. The number of esters is 1. The molecule has 152 valence electrons. The molecule has 0 bridgehead atoms. The third-order valence-corrected chi connectivity index (χ3v) is 4.82. The lowest BCUT2D eigenvalue weighted by Crippen LogP contribution is -2.28. The molecule has 0 spiro atoms. The van der Waals surface area contributed by atoms with E-state index in [0.29, 0.717) is 22.4 Å². The lowest BCUT2D eigenvalue weighted by molar-refractivity contribution is -0.121. The van der Waals surface area contributed by atoms with Crippen LogP contribution in [0.1, 0.15) is 40.1 Å². The molecule has 30 heavy (non-hydrogen) atoms. The van der Waals surface area contributed by atoms with Crippen molar-refractivity contribution in [3.8, 4) is 5.75 Å². The van der Waals surface area contributed by atoms with Gasteiger partial charge in [0.1, 0.15) is 17.0 Å². The first kappa shape index (κ1) is 19.4. The highest BCUT2D eigenvalue weighted by atomic mass is 16.5. The number of Topliss-reactive ketones (excluding diaryl/α,β-unsaturated/α-hetero) is 1. The number of aromatic hydroxyl groups is 1. The predicted molar refractivity (Wildman–Crippen MR) is 108 cm³/mol. The summed E-state index contributed by atoms with van der Waals surface area (Å²) in [5.74, 6) is -1.43. The van der Waals surface area contributed by atoms with Gasteiger partial charge in [-0.25, -0.2) is 4.79 Å². The number of ether oxygens (including phenoxy) is 2. The summed E-state index contributed by atoms with van der Waals surface area (Å²) in [5, 5.41) is 15.8.